The number of phosphoric acid groups is 2. The normalized spacial score (nSPS) is 14.2. The molecule has 0 saturated heterocycles. The second kappa shape index (κ2) is 72.0. The van der Waals surface area contributed by atoms with E-state index in [-0.39, 0.29) is 25.7 Å². The van der Waals surface area contributed by atoms with Crippen LogP contribution in [0.15, 0.2) is 0 Å². The van der Waals surface area contributed by atoms with Crippen LogP contribution in [0.2, 0.25) is 0 Å². The minimum Gasteiger partial charge on any atom is -0.462 e. The standard InChI is InChI=1S/C79H154O17P2/c1-6-10-13-16-19-21-23-25-31-36-39-43-48-53-58-63-77(82)90-69-75(96-79(84)65-60-55-50-45-41-37-33-30-28-27-29-32-34-38-42-47-51-56-61-72(5)9-4)71-94-98(87,88)92-67-73(80)66-91-97(85,86)93-70-74(68-89-76(81)62-57-52-46-18-15-12-8-3)95-78(83)64-59-54-49-44-40-35-26-24-22-20-17-14-11-7-2/h72-75,80H,6-71H2,1-5H3,(H,85,86)(H,87,88)/t72?,73-,74+,75+/m0/s1. The quantitative estimate of drug-likeness (QED) is 0.0222. The zero-order valence-corrected chi connectivity index (χ0v) is 65.7. The molecule has 6 atom stereocenters. The van der Waals surface area contributed by atoms with Crippen molar-refractivity contribution in [1.82, 2.24) is 0 Å². The van der Waals surface area contributed by atoms with Crippen molar-refractivity contribution >= 4 is 39.5 Å². The zero-order chi connectivity index (χ0) is 71.9. The molecule has 582 valence electrons. The van der Waals surface area contributed by atoms with Crippen LogP contribution in [0.5, 0.6) is 0 Å². The summed E-state index contributed by atoms with van der Waals surface area (Å²) < 4.78 is 68.5. The number of phosphoric ester groups is 2. The van der Waals surface area contributed by atoms with Crippen molar-refractivity contribution in [2.75, 3.05) is 39.6 Å². The average molecular weight is 1440 g/mol. The predicted molar refractivity (Wildman–Crippen MR) is 400 cm³/mol. The van der Waals surface area contributed by atoms with E-state index < -0.39 is 97.5 Å². The summed E-state index contributed by atoms with van der Waals surface area (Å²) >= 11 is 0. The van der Waals surface area contributed by atoms with E-state index in [2.05, 4.69) is 34.6 Å². The Morgan fingerprint density at radius 2 is 0.490 bits per heavy atom. The molecule has 19 heteroatoms. The molecule has 0 aromatic carbocycles. The molecule has 17 nitrogen and oxygen atoms in total. The molecule has 0 aliphatic heterocycles. The number of aliphatic hydroxyl groups is 1. The van der Waals surface area contributed by atoms with E-state index in [1.54, 1.807) is 0 Å². The molecule has 0 saturated carbocycles. The smallest absolute Gasteiger partial charge is 0.462 e. The number of carbonyl (C=O) groups is 4. The van der Waals surface area contributed by atoms with E-state index >= 15 is 0 Å². The van der Waals surface area contributed by atoms with Crippen molar-refractivity contribution in [3.8, 4) is 0 Å². The van der Waals surface area contributed by atoms with Gasteiger partial charge in [0.1, 0.15) is 19.3 Å². The second-order valence-electron chi connectivity index (χ2n) is 28.7. The van der Waals surface area contributed by atoms with Crippen LogP contribution in [0.25, 0.3) is 0 Å². The first-order valence-corrected chi connectivity index (χ1v) is 44.2. The summed E-state index contributed by atoms with van der Waals surface area (Å²) in [4.78, 5) is 72.8. The lowest BCUT2D eigenvalue weighted by Gasteiger charge is -2.21. The van der Waals surface area contributed by atoms with Gasteiger partial charge in [-0.2, -0.15) is 0 Å². The molecule has 0 fully saturated rings. The van der Waals surface area contributed by atoms with Crippen LogP contribution >= 0.6 is 15.6 Å². The molecule has 3 N–H and O–H groups in total. The summed E-state index contributed by atoms with van der Waals surface area (Å²) in [7, 11) is -9.91. The van der Waals surface area contributed by atoms with Gasteiger partial charge in [0.15, 0.2) is 12.2 Å². The predicted octanol–water partition coefficient (Wildman–Crippen LogP) is 23.6. The molecule has 0 aliphatic carbocycles. The Kier molecular flexibility index (Phi) is 70.6. The monoisotopic (exact) mass is 1440 g/mol. The summed E-state index contributed by atoms with van der Waals surface area (Å²) in [6.45, 7) is 7.35. The molecule has 98 heavy (non-hydrogen) atoms. The lowest BCUT2D eigenvalue weighted by Crippen LogP contribution is -2.30. The van der Waals surface area contributed by atoms with Crippen LogP contribution in [0.4, 0.5) is 0 Å². The highest BCUT2D eigenvalue weighted by atomic mass is 31.2. The van der Waals surface area contributed by atoms with Gasteiger partial charge in [0.25, 0.3) is 0 Å². The lowest BCUT2D eigenvalue weighted by molar-refractivity contribution is -0.161. The van der Waals surface area contributed by atoms with E-state index in [0.717, 1.165) is 109 Å². The van der Waals surface area contributed by atoms with Crippen molar-refractivity contribution in [3.63, 3.8) is 0 Å². The Labute approximate surface area is 600 Å². The summed E-state index contributed by atoms with van der Waals surface area (Å²) in [5.41, 5.74) is 0. The van der Waals surface area contributed by atoms with Gasteiger partial charge >= 0.3 is 39.5 Å². The molecule has 0 spiro atoms. The van der Waals surface area contributed by atoms with E-state index in [1.165, 1.54) is 231 Å². The first kappa shape index (κ1) is 96.1. The van der Waals surface area contributed by atoms with E-state index in [1.807, 2.05) is 0 Å². The summed E-state index contributed by atoms with van der Waals surface area (Å²) in [6.07, 6.45) is 62.5. The molecule has 3 unspecified atom stereocenters. The van der Waals surface area contributed by atoms with Gasteiger partial charge in [-0.05, 0) is 31.6 Å². The van der Waals surface area contributed by atoms with Gasteiger partial charge in [0.05, 0.1) is 26.4 Å². The summed E-state index contributed by atoms with van der Waals surface area (Å²) in [6, 6.07) is 0. The SMILES string of the molecule is CCCCCCCCCCCCCCCCCC(=O)OC[C@H](COP(=O)(O)OC[C@@H](O)COP(=O)(O)OC[C@@H](COC(=O)CCCCCCCCC)OC(=O)CCCCCCCCCCCCCCCC)OC(=O)CCCCCCCCCCCCCCCCCCCCC(C)CC. The van der Waals surface area contributed by atoms with Crippen LogP contribution in [0, 0.1) is 5.92 Å². The molecule has 0 aliphatic rings. The number of carbonyl (C=O) groups excluding carboxylic acids is 4. The van der Waals surface area contributed by atoms with Crippen LogP contribution in [0.3, 0.4) is 0 Å². The Bertz CT molecular complexity index is 1880. The number of hydrogen-bond donors (Lipinski definition) is 3. The summed E-state index contributed by atoms with van der Waals surface area (Å²) in [5, 5.41) is 10.6. The minimum atomic E-state index is -4.96. The minimum absolute atomic E-state index is 0.108. The van der Waals surface area contributed by atoms with Crippen LogP contribution in [-0.4, -0.2) is 96.7 Å². The van der Waals surface area contributed by atoms with Gasteiger partial charge in [-0.15, -0.1) is 0 Å². The topological polar surface area (TPSA) is 237 Å². The first-order valence-electron chi connectivity index (χ1n) is 41.2. The Morgan fingerprint density at radius 1 is 0.286 bits per heavy atom. The molecular formula is C79H154O17P2. The van der Waals surface area contributed by atoms with Crippen molar-refractivity contribution in [1.29, 1.82) is 0 Å². The van der Waals surface area contributed by atoms with Gasteiger partial charge in [0, 0.05) is 25.7 Å². The van der Waals surface area contributed by atoms with Gasteiger partial charge < -0.3 is 33.8 Å². The number of aliphatic hydroxyl groups excluding tert-OH is 1. The van der Waals surface area contributed by atoms with E-state index in [9.17, 15) is 43.2 Å². The molecule has 0 amide bonds. The maximum Gasteiger partial charge on any atom is 0.472 e. The van der Waals surface area contributed by atoms with Gasteiger partial charge in [-0.3, -0.25) is 37.3 Å². The Morgan fingerprint density at radius 3 is 0.724 bits per heavy atom. The molecule has 0 aromatic rings. The van der Waals surface area contributed by atoms with Gasteiger partial charge in [-0.25, -0.2) is 9.13 Å². The van der Waals surface area contributed by atoms with Gasteiger partial charge in [0.2, 0.25) is 0 Å². The molecule has 0 radical (unpaired) electrons. The molecule has 0 bridgehead atoms. The number of rotatable bonds is 79. The van der Waals surface area contributed by atoms with Crippen molar-refractivity contribution < 1.29 is 80.2 Å². The second-order valence-corrected chi connectivity index (χ2v) is 31.6. The molecule has 0 rings (SSSR count). The van der Waals surface area contributed by atoms with Crippen molar-refractivity contribution in [2.24, 2.45) is 5.92 Å². The number of hydrogen-bond acceptors (Lipinski definition) is 15. The number of ether oxygens (including phenoxy) is 4. The maximum atomic E-state index is 13.1. The number of unbranched alkanes of at least 4 members (excludes halogenated alkanes) is 50. The third kappa shape index (κ3) is 71.1. The molecule has 0 heterocycles. The fraction of sp³-hybridized carbons (Fsp3) is 0.949. The zero-order valence-electron chi connectivity index (χ0n) is 63.9. The maximum absolute atomic E-state index is 13.1. The molecule has 0 aromatic heterocycles. The Balaban J connectivity index is 5.16. The summed E-state index contributed by atoms with van der Waals surface area (Å²) in [5.74, 6) is -1.24. The first-order chi connectivity index (χ1) is 47.6. The number of esters is 4. The fourth-order valence-electron chi connectivity index (χ4n) is 12.2. The lowest BCUT2D eigenvalue weighted by atomic mass is 9.99. The fourth-order valence-corrected chi connectivity index (χ4v) is 13.8. The highest BCUT2D eigenvalue weighted by Gasteiger charge is 2.30. The largest absolute Gasteiger partial charge is 0.472 e. The van der Waals surface area contributed by atoms with Crippen molar-refractivity contribution in [3.05, 3.63) is 0 Å². The van der Waals surface area contributed by atoms with Crippen LogP contribution in [0.1, 0.15) is 420 Å². The third-order valence-electron chi connectivity index (χ3n) is 18.9. The van der Waals surface area contributed by atoms with Crippen molar-refractivity contribution in [2.45, 2.75) is 438 Å². The highest BCUT2D eigenvalue weighted by molar-refractivity contribution is 7.47. The van der Waals surface area contributed by atoms with E-state index in [0.29, 0.717) is 25.7 Å². The molecular weight excluding hydrogens is 1280 g/mol. The van der Waals surface area contributed by atoms with Crippen LogP contribution in [-0.2, 0) is 65.4 Å². The van der Waals surface area contributed by atoms with Crippen LogP contribution < -0.4 is 0 Å². The van der Waals surface area contributed by atoms with E-state index in [4.69, 9.17) is 37.0 Å². The third-order valence-corrected chi connectivity index (χ3v) is 20.8. The highest BCUT2D eigenvalue weighted by Crippen LogP contribution is 2.45. The average Bonchev–Trinajstić information content (AvgIpc) is 1.56. The Hall–Kier alpha value is -1.94. The van der Waals surface area contributed by atoms with Gasteiger partial charge in [-0.1, -0.05) is 369 Å².